The topological polar surface area (TPSA) is 29.5 Å². The zero-order chi connectivity index (χ0) is 14.0. The molecule has 100 valence electrons. The molecule has 4 heteroatoms. The summed E-state index contributed by atoms with van der Waals surface area (Å²) < 4.78 is 5.15. The van der Waals surface area contributed by atoms with Crippen LogP contribution in [0.3, 0.4) is 0 Å². The van der Waals surface area contributed by atoms with Gasteiger partial charge in [-0.05, 0) is 48.4 Å². The average molecular weight is 297 g/mol. The fourth-order valence-corrected chi connectivity index (χ4v) is 2.38. The van der Waals surface area contributed by atoms with Crippen LogP contribution in [-0.2, 0) is 0 Å². The summed E-state index contributed by atoms with van der Waals surface area (Å²) in [6.07, 6.45) is -0.808. The lowest BCUT2D eigenvalue weighted by molar-refractivity contribution is 0.219. The van der Waals surface area contributed by atoms with Gasteiger partial charge in [-0.1, -0.05) is 29.3 Å². The fraction of sp³-hybridized carbons (Fsp3) is 0.200. The summed E-state index contributed by atoms with van der Waals surface area (Å²) in [7, 11) is 1.61. The van der Waals surface area contributed by atoms with Crippen molar-refractivity contribution in [3.8, 4) is 5.75 Å². The largest absolute Gasteiger partial charge is 0.497 e. The predicted octanol–water partition coefficient (Wildman–Crippen LogP) is 4.39. The van der Waals surface area contributed by atoms with Gasteiger partial charge in [-0.15, -0.1) is 0 Å². The lowest BCUT2D eigenvalue weighted by Crippen LogP contribution is -2.03. The molecule has 0 radical (unpaired) electrons. The van der Waals surface area contributed by atoms with Crippen LogP contribution in [0.15, 0.2) is 36.4 Å². The third-order valence-electron chi connectivity index (χ3n) is 3.02. The average Bonchev–Trinajstić information content (AvgIpc) is 2.40. The lowest BCUT2D eigenvalue weighted by atomic mass is 9.97. The summed E-state index contributed by atoms with van der Waals surface area (Å²) >= 11 is 12.1. The maximum Gasteiger partial charge on any atom is 0.119 e. The summed E-state index contributed by atoms with van der Waals surface area (Å²) in [6.45, 7) is 1.92. The summed E-state index contributed by atoms with van der Waals surface area (Å²) in [5, 5.41) is 11.5. The van der Waals surface area contributed by atoms with E-state index in [2.05, 4.69) is 0 Å². The Morgan fingerprint density at radius 1 is 1.05 bits per heavy atom. The van der Waals surface area contributed by atoms with Gasteiger partial charge in [0.05, 0.1) is 7.11 Å². The van der Waals surface area contributed by atoms with Gasteiger partial charge in [0, 0.05) is 15.6 Å². The molecule has 0 aliphatic heterocycles. The van der Waals surface area contributed by atoms with Crippen LogP contribution >= 0.6 is 23.2 Å². The molecule has 1 N–H and O–H groups in total. The number of hydrogen-bond donors (Lipinski definition) is 1. The maximum absolute atomic E-state index is 10.5. The number of methoxy groups -OCH3 is 1. The second kappa shape index (κ2) is 5.83. The van der Waals surface area contributed by atoms with Crippen molar-refractivity contribution < 1.29 is 9.84 Å². The van der Waals surface area contributed by atoms with Crippen LogP contribution < -0.4 is 4.74 Å². The van der Waals surface area contributed by atoms with Crippen LogP contribution in [0, 0.1) is 6.92 Å². The molecule has 0 amide bonds. The van der Waals surface area contributed by atoms with E-state index in [4.69, 9.17) is 27.9 Å². The predicted molar refractivity (Wildman–Crippen MR) is 78.3 cm³/mol. The molecule has 2 nitrogen and oxygen atoms in total. The van der Waals surface area contributed by atoms with E-state index < -0.39 is 6.10 Å². The molecule has 0 saturated heterocycles. The lowest BCUT2D eigenvalue weighted by Gasteiger charge is -2.16. The van der Waals surface area contributed by atoms with Gasteiger partial charge in [-0.2, -0.15) is 0 Å². The molecule has 0 heterocycles. The van der Waals surface area contributed by atoms with E-state index in [0.29, 0.717) is 15.6 Å². The Morgan fingerprint density at radius 3 is 2.42 bits per heavy atom. The normalized spacial score (nSPS) is 12.3. The number of halogens is 2. The first kappa shape index (κ1) is 14.2. The third-order valence-corrected chi connectivity index (χ3v) is 3.60. The Labute approximate surface area is 122 Å². The van der Waals surface area contributed by atoms with Gasteiger partial charge >= 0.3 is 0 Å². The van der Waals surface area contributed by atoms with Crippen molar-refractivity contribution in [1.29, 1.82) is 0 Å². The van der Waals surface area contributed by atoms with Gasteiger partial charge in [-0.3, -0.25) is 0 Å². The quantitative estimate of drug-likeness (QED) is 0.910. The molecule has 0 saturated carbocycles. The van der Waals surface area contributed by atoms with E-state index in [9.17, 15) is 5.11 Å². The summed E-state index contributed by atoms with van der Waals surface area (Å²) in [5.41, 5.74) is 2.32. The van der Waals surface area contributed by atoms with Crippen molar-refractivity contribution in [3.63, 3.8) is 0 Å². The van der Waals surface area contributed by atoms with Crippen LogP contribution in [0.2, 0.25) is 10.0 Å². The molecule has 0 aliphatic rings. The van der Waals surface area contributed by atoms with Gasteiger partial charge in [0.15, 0.2) is 0 Å². The van der Waals surface area contributed by atoms with Crippen molar-refractivity contribution in [2.45, 2.75) is 13.0 Å². The van der Waals surface area contributed by atoms with E-state index >= 15 is 0 Å². The second-order valence-corrected chi connectivity index (χ2v) is 5.13. The zero-order valence-corrected chi connectivity index (χ0v) is 12.2. The molecule has 0 aliphatic carbocycles. The molecule has 2 aromatic rings. The monoisotopic (exact) mass is 296 g/mol. The highest BCUT2D eigenvalue weighted by molar-refractivity contribution is 6.33. The number of ether oxygens (including phenoxy) is 1. The molecular weight excluding hydrogens is 283 g/mol. The first-order valence-corrected chi connectivity index (χ1v) is 6.56. The highest BCUT2D eigenvalue weighted by Crippen LogP contribution is 2.33. The van der Waals surface area contributed by atoms with Crippen molar-refractivity contribution in [3.05, 3.63) is 63.1 Å². The summed E-state index contributed by atoms with van der Waals surface area (Å²) in [4.78, 5) is 0. The van der Waals surface area contributed by atoms with Gasteiger partial charge < -0.3 is 9.84 Å². The molecule has 1 unspecified atom stereocenters. The smallest absolute Gasteiger partial charge is 0.119 e. The molecule has 0 aromatic heterocycles. The number of aryl methyl sites for hydroxylation is 1. The number of aliphatic hydroxyl groups excluding tert-OH is 1. The molecule has 2 aromatic carbocycles. The van der Waals surface area contributed by atoms with E-state index in [-0.39, 0.29) is 0 Å². The first-order valence-electron chi connectivity index (χ1n) is 5.80. The molecule has 19 heavy (non-hydrogen) atoms. The summed E-state index contributed by atoms with van der Waals surface area (Å²) in [5.74, 6) is 0.755. The minimum atomic E-state index is -0.808. The van der Waals surface area contributed by atoms with Crippen LogP contribution in [0.25, 0.3) is 0 Å². The van der Waals surface area contributed by atoms with E-state index in [0.717, 1.165) is 16.9 Å². The van der Waals surface area contributed by atoms with Crippen molar-refractivity contribution in [2.75, 3.05) is 7.11 Å². The van der Waals surface area contributed by atoms with Crippen molar-refractivity contribution >= 4 is 23.2 Å². The van der Waals surface area contributed by atoms with Crippen molar-refractivity contribution in [2.24, 2.45) is 0 Å². The van der Waals surface area contributed by atoms with Crippen molar-refractivity contribution in [1.82, 2.24) is 0 Å². The maximum atomic E-state index is 10.5. The molecule has 1 atom stereocenters. The number of benzene rings is 2. The number of aliphatic hydroxyl groups is 1. The summed E-state index contributed by atoms with van der Waals surface area (Å²) in [6, 6.07) is 10.6. The van der Waals surface area contributed by atoms with Gasteiger partial charge in [0.2, 0.25) is 0 Å². The Morgan fingerprint density at radius 2 is 1.79 bits per heavy atom. The Kier molecular flexibility index (Phi) is 4.35. The van der Waals surface area contributed by atoms with Crippen LogP contribution in [0.4, 0.5) is 0 Å². The Bertz CT molecular complexity index is 597. The van der Waals surface area contributed by atoms with Gasteiger partial charge in [0.1, 0.15) is 11.9 Å². The minimum absolute atomic E-state index is 0.493. The molecular formula is C15H14Cl2O2. The second-order valence-electron chi connectivity index (χ2n) is 4.29. The standard InChI is InChI=1S/C15H14Cl2O2/c1-9-7-11(19-2)4-5-12(9)15(18)13-8-10(16)3-6-14(13)17/h3-8,15,18H,1-2H3. The number of hydrogen-bond acceptors (Lipinski definition) is 2. The molecule has 0 spiro atoms. The van der Waals surface area contributed by atoms with Crippen LogP contribution in [-0.4, -0.2) is 12.2 Å². The molecule has 0 fully saturated rings. The highest BCUT2D eigenvalue weighted by atomic mass is 35.5. The first-order chi connectivity index (χ1) is 9.02. The van der Waals surface area contributed by atoms with Gasteiger partial charge in [0.25, 0.3) is 0 Å². The Hall–Kier alpha value is -1.22. The molecule has 2 rings (SSSR count). The minimum Gasteiger partial charge on any atom is -0.497 e. The van der Waals surface area contributed by atoms with E-state index in [1.54, 1.807) is 25.3 Å². The fourth-order valence-electron chi connectivity index (χ4n) is 1.97. The van der Waals surface area contributed by atoms with Crippen LogP contribution in [0.5, 0.6) is 5.75 Å². The number of rotatable bonds is 3. The van der Waals surface area contributed by atoms with E-state index in [1.807, 2.05) is 25.1 Å². The van der Waals surface area contributed by atoms with Gasteiger partial charge in [-0.25, -0.2) is 0 Å². The highest BCUT2D eigenvalue weighted by Gasteiger charge is 2.16. The third kappa shape index (κ3) is 3.03. The van der Waals surface area contributed by atoms with Crippen LogP contribution in [0.1, 0.15) is 22.8 Å². The van der Waals surface area contributed by atoms with E-state index in [1.165, 1.54) is 0 Å². The molecule has 0 bridgehead atoms. The SMILES string of the molecule is COc1ccc(C(O)c2cc(Cl)ccc2Cl)c(C)c1. The Balaban J connectivity index is 2.43. The zero-order valence-electron chi connectivity index (χ0n) is 10.7.